The highest BCUT2D eigenvalue weighted by molar-refractivity contribution is 7.10. The fourth-order valence-corrected chi connectivity index (χ4v) is 4.28. The molecule has 1 saturated heterocycles. The smallest absolute Gasteiger partial charge is 0.255 e. The molecular weight excluding hydrogens is 417 g/mol. The average Bonchev–Trinajstić information content (AvgIpc) is 3.21. The molecule has 1 N–H and O–H groups in total. The third kappa shape index (κ3) is 5.33. The third-order valence-electron chi connectivity index (χ3n) is 4.72. The normalized spacial score (nSPS) is 15.1. The van der Waals surface area contributed by atoms with Gasteiger partial charge in [-0.1, -0.05) is 17.7 Å². The molecule has 3 amide bonds. The first-order valence-electron chi connectivity index (χ1n) is 9.17. The van der Waals surface area contributed by atoms with Crippen molar-refractivity contribution < 1.29 is 18.8 Å². The highest BCUT2D eigenvalue weighted by atomic mass is 35.5. The zero-order valence-corrected chi connectivity index (χ0v) is 17.4. The summed E-state index contributed by atoms with van der Waals surface area (Å²) in [7, 11) is 0. The van der Waals surface area contributed by atoms with Crippen molar-refractivity contribution in [3.05, 3.63) is 57.0 Å². The van der Waals surface area contributed by atoms with Gasteiger partial charge in [-0.3, -0.25) is 14.4 Å². The minimum atomic E-state index is -0.499. The fraction of sp³-hybridized carbons (Fsp3) is 0.350. The highest BCUT2D eigenvalue weighted by Gasteiger charge is 2.28. The zero-order chi connectivity index (χ0) is 21.0. The van der Waals surface area contributed by atoms with Gasteiger partial charge >= 0.3 is 0 Å². The van der Waals surface area contributed by atoms with Gasteiger partial charge in [0.1, 0.15) is 5.82 Å². The zero-order valence-electron chi connectivity index (χ0n) is 15.9. The van der Waals surface area contributed by atoms with Crippen LogP contribution in [0.5, 0.6) is 0 Å². The Hall–Kier alpha value is -2.45. The summed E-state index contributed by atoms with van der Waals surface area (Å²) in [5.74, 6) is -1.05. The number of thiophene rings is 1. The molecule has 1 unspecified atom stereocenters. The van der Waals surface area contributed by atoms with Crippen LogP contribution in [-0.2, 0) is 9.59 Å². The summed E-state index contributed by atoms with van der Waals surface area (Å²) in [6.45, 7) is 2.93. The van der Waals surface area contributed by atoms with Crippen LogP contribution in [0.2, 0.25) is 5.02 Å². The first-order valence-corrected chi connectivity index (χ1v) is 10.4. The van der Waals surface area contributed by atoms with Gasteiger partial charge in [0, 0.05) is 38.0 Å². The summed E-state index contributed by atoms with van der Waals surface area (Å²) in [6, 6.07) is 7.09. The van der Waals surface area contributed by atoms with E-state index in [4.69, 9.17) is 11.6 Å². The van der Waals surface area contributed by atoms with Crippen LogP contribution in [0.4, 0.5) is 4.39 Å². The number of carbonyl (C=O) groups excluding carboxylic acids is 3. The van der Waals surface area contributed by atoms with E-state index in [0.29, 0.717) is 26.2 Å². The second-order valence-corrected chi connectivity index (χ2v) is 8.16. The van der Waals surface area contributed by atoms with Crippen LogP contribution in [0.1, 0.15) is 34.6 Å². The Morgan fingerprint density at radius 2 is 1.86 bits per heavy atom. The number of amides is 3. The van der Waals surface area contributed by atoms with Crippen molar-refractivity contribution in [1.29, 1.82) is 0 Å². The predicted molar refractivity (Wildman–Crippen MR) is 109 cm³/mol. The molecule has 2 heterocycles. The highest BCUT2D eigenvalue weighted by Crippen LogP contribution is 2.24. The van der Waals surface area contributed by atoms with E-state index < -0.39 is 5.82 Å². The molecule has 154 valence electrons. The first-order chi connectivity index (χ1) is 13.8. The number of hydrogen-bond donors (Lipinski definition) is 1. The van der Waals surface area contributed by atoms with E-state index in [1.165, 1.54) is 30.4 Å². The lowest BCUT2D eigenvalue weighted by atomic mass is 10.1. The Labute approximate surface area is 177 Å². The van der Waals surface area contributed by atoms with Crippen molar-refractivity contribution in [3.63, 3.8) is 0 Å². The number of hydrogen-bond acceptors (Lipinski definition) is 4. The Balaban J connectivity index is 1.58. The molecule has 3 rings (SSSR count). The molecule has 0 spiro atoms. The average molecular weight is 438 g/mol. The first kappa shape index (κ1) is 21.3. The number of piperazine rings is 1. The van der Waals surface area contributed by atoms with Gasteiger partial charge in [0.15, 0.2) is 0 Å². The number of benzene rings is 1. The van der Waals surface area contributed by atoms with E-state index >= 15 is 0 Å². The summed E-state index contributed by atoms with van der Waals surface area (Å²) in [5, 5.41) is 4.80. The number of nitrogens with one attached hydrogen (secondary N) is 1. The standard InChI is InChI=1S/C20H21ClFN3O3S/c1-13(26)23-17(18-3-2-10-29-18)12-19(27)24-6-8-25(9-7-24)20(28)15-5-4-14(22)11-16(15)21/h2-5,10-11,17H,6-9,12H2,1H3,(H,23,26). The lowest BCUT2D eigenvalue weighted by Gasteiger charge is -2.35. The SMILES string of the molecule is CC(=O)NC(CC(=O)N1CCN(C(=O)c2ccc(F)cc2Cl)CC1)c1cccs1. The maximum atomic E-state index is 13.2. The molecule has 0 radical (unpaired) electrons. The maximum absolute atomic E-state index is 13.2. The summed E-state index contributed by atoms with van der Waals surface area (Å²) in [4.78, 5) is 41.1. The molecule has 9 heteroatoms. The van der Waals surface area contributed by atoms with Crippen LogP contribution in [0, 0.1) is 5.82 Å². The van der Waals surface area contributed by atoms with E-state index in [9.17, 15) is 18.8 Å². The molecule has 1 aromatic carbocycles. The second-order valence-electron chi connectivity index (χ2n) is 6.77. The van der Waals surface area contributed by atoms with Gasteiger partial charge in [0.25, 0.3) is 5.91 Å². The van der Waals surface area contributed by atoms with Crippen molar-refractivity contribution in [1.82, 2.24) is 15.1 Å². The Kier molecular flexibility index (Phi) is 6.87. The minimum absolute atomic E-state index is 0.0719. The molecular formula is C20H21ClFN3O3S. The summed E-state index contributed by atoms with van der Waals surface area (Å²) in [5.41, 5.74) is 0.247. The second kappa shape index (κ2) is 9.37. The lowest BCUT2D eigenvalue weighted by Crippen LogP contribution is -2.51. The van der Waals surface area contributed by atoms with Gasteiger partial charge in [-0.25, -0.2) is 4.39 Å². The van der Waals surface area contributed by atoms with Crippen molar-refractivity contribution in [2.24, 2.45) is 0 Å². The number of nitrogens with zero attached hydrogens (tertiary/aromatic N) is 2. The van der Waals surface area contributed by atoms with E-state index in [0.717, 1.165) is 10.9 Å². The maximum Gasteiger partial charge on any atom is 0.255 e. The molecule has 1 fully saturated rings. The van der Waals surface area contributed by atoms with Crippen molar-refractivity contribution in [3.8, 4) is 0 Å². The molecule has 0 saturated carbocycles. The van der Waals surface area contributed by atoms with Crippen molar-refractivity contribution >= 4 is 40.7 Å². The third-order valence-corrected chi connectivity index (χ3v) is 6.02. The van der Waals surface area contributed by atoms with Crippen molar-refractivity contribution in [2.45, 2.75) is 19.4 Å². The van der Waals surface area contributed by atoms with Gasteiger partial charge in [-0.2, -0.15) is 0 Å². The topological polar surface area (TPSA) is 69.7 Å². The molecule has 1 aromatic heterocycles. The van der Waals surface area contributed by atoms with Crippen LogP contribution in [0.25, 0.3) is 0 Å². The quantitative estimate of drug-likeness (QED) is 0.781. The molecule has 0 aliphatic carbocycles. The minimum Gasteiger partial charge on any atom is -0.348 e. The van der Waals surface area contributed by atoms with Crippen LogP contribution in [0.3, 0.4) is 0 Å². The number of halogens is 2. The van der Waals surface area contributed by atoms with Crippen molar-refractivity contribution in [2.75, 3.05) is 26.2 Å². The van der Waals surface area contributed by atoms with E-state index in [2.05, 4.69) is 5.32 Å². The Morgan fingerprint density at radius 3 is 2.45 bits per heavy atom. The summed E-state index contributed by atoms with van der Waals surface area (Å²) < 4.78 is 13.2. The molecule has 29 heavy (non-hydrogen) atoms. The summed E-state index contributed by atoms with van der Waals surface area (Å²) >= 11 is 7.47. The van der Waals surface area contributed by atoms with Gasteiger partial charge in [-0.05, 0) is 29.6 Å². The van der Waals surface area contributed by atoms with Crippen LogP contribution in [0.15, 0.2) is 35.7 Å². The van der Waals surface area contributed by atoms with E-state index in [1.54, 1.807) is 9.80 Å². The van der Waals surface area contributed by atoms with E-state index in [-0.39, 0.29) is 40.8 Å². The summed E-state index contributed by atoms with van der Waals surface area (Å²) in [6.07, 6.45) is 0.165. The van der Waals surface area contributed by atoms with Gasteiger partial charge in [0.05, 0.1) is 23.0 Å². The number of carbonyl (C=O) groups is 3. The van der Waals surface area contributed by atoms with Gasteiger partial charge < -0.3 is 15.1 Å². The van der Waals surface area contributed by atoms with Crippen LogP contribution in [-0.4, -0.2) is 53.7 Å². The molecule has 1 aliphatic rings. The Morgan fingerprint density at radius 1 is 1.17 bits per heavy atom. The molecule has 2 aromatic rings. The molecule has 1 atom stereocenters. The van der Waals surface area contributed by atoms with Crippen LogP contribution < -0.4 is 5.32 Å². The van der Waals surface area contributed by atoms with Gasteiger partial charge in [-0.15, -0.1) is 11.3 Å². The predicted octanol–water partition coefficient (Wildman–Crippen LogP) is 3.09. The molecule has 6 nitrogen and oxygen atoms in total. The fourth-order valence-electron chi connectivity index (χ4n) is 3.25. The number of rotatable bonds is 5. The van der Waals surface area contributed by atoms with Crippen LogP contribution >= 0.6 is 22.9 Å². The van der Waals surface area contributed by atoms with Gasteiger partial charge in [0.2, 0.25) is 11.8 Å². The molecule has 0 bridgehead atoms. The monoisotopic (exact) mass is 437 g/mol. The lowest BCUT2D eigenvalue weighted by molar-refractivity contribution is -0.133. The largest absolute Gasteiger partial charge is 0.348 e. The molecule has 1 aliphatic heterocycles. The Bertz CT molecular complexity index is 898. The van der Waals surface area contributed by atoms with E-state index in [1.807, 2.05) is 17.5 Å².